The maximum absolute atomic E-state index is 12.3. The molecule has 1 aliphatic rings. The zero-order valence-corrected chi connectivity index (χ0v) is 12.3. The Morgan fingerprint density at radius 3 is 2.53 bits per heavy atom. The number of sulfonamides is 1. The zero-order chi connectivity index (χ0) is 13.1. The molecule has 0 spiro atoms. The van der Waals surface area contributed by atoms with Gasteiger partial charge in [-0.2, -0.15) is 4.31 Å². The molecule has 0 saturated carbocycles. The van der Waals surface area contributed by atoms with Crippen LogP contribution in [0.3, 0.4) is 0 Å². The van der Waals surface area contributed by atoms with Crippen LogP contribution in [0, 0.1) is 0 Å². The van der Waals surface area contributed by atoms with Crippen LogP contribution in [0.25, 0.3) is 0 Å². The standard InChI is InChI=1S/C12H26N2O2S/c1-5-8-13-11-7-6-9-14(10-11)17(15,16)12(2,3)4/h11,13H,5-10H2,1-4H3. The second-order valence-corrected chi connectivity index (χ2v) is 8.46. The SMILES string of the molecule is CCCNC1CCCN(S(=O)(=O)C(C)(C)C)C1. The van der Waals surface area contributed by atoms with E-state index in [4.69, 9.17) is 0 Å². The Labute approximate surface area is 106 Å². The second kappa shape index (κ2) is 5.67. The Bertz CT molecular complexity index is 333. The number of nitrogens with zero attached hydrogens (tertiary/aromatic N) is 1. The fourth-order valence-electron chi connectivity index (χ4n) is 2.06. The van der Waals surface area contributed by atoms with Crippen LogP contribution in [-0.2, 0) is 10.0 Å². The van der Waals surface area contributed by atoms with Gasteiger partial charge < -0.3 is 5.32 Å². The molecule has 0 aliphatic carbocycles. The highest BCUT2D eigenvalue weighted by Gasteiger charge is 2.37. The second-order valence-electron chi connectivity index (χ2n) is 5.77. The minimum absolute atomic E-state index is 0.320. The Morgan fingerprint density at radius 2 is 2.00 bits per heavy atom. The van der Waals surface area contributed by atoms with Crippen LogP contribution in [0.4, 0.5) is 0 Å². The van der Waals surface area contributed by atoms with E-state index in [9.17, 15) is 8.42 Å². The molecule has 1 atom stereocenters. The van der Waals surface area contributed by atoms with Crippen LogP contribution >= 0.6 is 0 Å². The number of piperidine rings is 1. The first-order valence-corrected chi connectivity index (χ1v) is 7.96. The molecule has 1 unspecified atom stereocenters. The normalized spacial score (nSPS) is 23.9. The largest absolute Gasteiger partial charge is 0.313 e. The van der Waals surface area contributed by atoms with Crippen molar-refractivity contribution in [3.05, 3.63) is 0 Å². The lowest BCUT2D eigenvalue weighted by molar-refractivity contribution is 0.278. The third-order valence-corrected chi connectivity index (χ3v) is 5.74. The van der Waals surface area contributed by atoms with Crippen molar-refractivity contribution in [2.24, 2.45) is 0 Å². The van der Waals surface area contributed by atoms with Gasteiger partial charge in [-0.3, -0.25) is 0 Å². The Morgan fingerprint density at radius 1 is 1.35 bits per heavy atom. The van der Waals surface area contributed by atoms with Crippen molar-refractivity contribution >= 4 is 10.0 Å². The van der Waals surface area contributed by atoms with Crippen molar-refractivity contribution in [3.63, 3.8) is 0 Å². The Hall–Kier alpha value is -0.130. The monoisotopic (exact) mass is 262 g/mol. The predicted molar refractivity (Wildman–Crippen MR) is 71.6 cm³/mol. The smallest absolute Gasteiger partial charge is 0.219 e. The first-order chi connectivity index (χ1) is 7.79. The molecule has 0 aromatic heterocycles. The van der Waals surface area contributed by atoms with Gasteiger partial charge in [-0.1, -0.05) is 6.92 Å². The number of rotatable bonds is 4. The summed E-state index contributed by atoms with van der Waals surface area (Å²) in [6, 6.07) is 0.320. The van der Waals surface area contributed by atoms with Crippen molar-refractivity contribution in [1.29, 1.82) is 0 Å². The minimum Gasteiger partial charge on any atom is -0.313 e. The summed E-state index contributed by atoms with van der Waals surface area (Å²) in [6.07, 6.45) is 3.12. The number of hydrogen-bond acceptors (Lipinski definition) is 3. The van der Waals surface area contributed by atoms with Gasteiger partial charge >= 0.3 is 0 Å². The zero-order valence-electron chi connectivity index (χ0n) is 11.5. The first-order valence-electron chi connectivity index (χ1n) is 6.52. The fraction of sp³-hybridized carbons (Fsp3) is 1.00. The van der Waals surface area contributed by atoms with E-state index in [0.29, 0.717) is 19.1 Å². The molecule has 1 heterocycles. The van der Waals surface area contributed by atoms with Gasteiger partial charge in [0.25, 0.3) is 0 Å². The van der Waals surface area contributed by atoms with Crippen LogP contribution in [-0.4, -0.2) is 43.1 Å². The molecule has 0 aromatic carbocycles. The summed E-state index contributed by atoms with van der Waals surface area (Å²) < 4.78 is 25.6. The molecular formula is C12H26N2O2S. The van der Waals surface area contributed by atoms with E-state index in [-0.39, 0.29) is 0 Å². The molecule has 1 N–H and O–H groups in total. The van der Waals surface area contributed by atoms with Gasteiger partial charge in [0, 0.05) is 19.1 Å². The maximum Gasteiger partial charge on any atom is 0.219 e. The highest BCUT2D eigenvalue weighted by Crippen LogP contribution is 2.23. The van der Waals surface area contributed by atoms with E-state index in [2.05, 4.69) is 12.2 Å². The molecule has 1 saturated heterocycles. The lowest BCUT2D eigenvalue weighted by Crippen LogP contribution is -2.52. The molecule has 4 nitrogen and oxygen atoms in total. The van der Waals surface area contributed by atoms with Crippen molar-refractivity contribution in [2.75, 3.05) is 19.6 Å². The van der Waals surface area contributed by atoms with E-state index < -0.39 is 14.8 Å². The molecule has 0 radical (unpaired) electrons. The van der Waals surface area contributed by atoms with Crippen LogP contribution in [0.15, 0.2) is 0 Å². The molecule has 1 aliphatic heterocycles. The average Bonchev–Trinajstić information content (AvgIpc) is 2.25. The lowest BCUT2D eigenvalue weighted by atomic mass is 10.1. The van der Waals surface area contributed by atoms with Gasteiger partial charge in [-0.25, -0.2) is 8.42 Å². The molecule has 0 aromatic rings. The third kappa shape index (κ3) is 3.66. The third-order valence-electron chi connectivity index (χ3n) is 3.18. The quantitative estimate of drug-likeness (QED) is 0.837. The molecule has 102 valence electrons. The highest BCUT2D eigenvalue weighted by atomic mass is 32.2. The molecule has 5 heteroatoms. The van der Waals surface area contributed by atoms with E-state index in [0.717, 1.165) is 25.8 Å². The van der Waals surface area contributed by atoms with Gasteiger partial charge in [0.2, 0.25) is 10.0 Å². The van der Waals surface area contributed by atoms with Gasteiger partial charge in [-0.05, 0) is 46.6 Å². The summed E-state index contributed by atoms with van der Waals surface area (Å²) in [4.78, 5) is 0. The van der Waals surface area contributed by atoms with Crippen LogP contribution in [0.1, 0.15) is 47.0 Å². The van der Waals surface area contributed by atoms with Crippen molar-refractivity contribution in [1.82, 2.24) is 9.62 Å². The predicted octanol–water partition coefficient (Wildman–Crippen LogP) is 1.58. The van der Waals surface area contributed by atoms with E-state index >= 15 is 0 Å². The molecular weight excluding hydrogens is 236 g/mol. The summed E-state index contributed by atoms with van der Waals surface area (Å²) in [5.74, 6) is 0. The molecule has 0 amide bonds. The molecule has 0 bridgehead atoms. The summed E-state index contributed by atoms with van der Waals surface area (Å²) in [7, 11) is -3.16. The Balaban J connectivity index is 2.67. The molecule has 1 fully saturated rings. The summed E-state index contributed by atoms with van der Waals surface area (Å²) in [6.45, 7) is 9.69. The van der Waals surface area contributed by atoms with Crippen molar-refractivity contribution in [3.8, 4) is 0 Å². The van der Waals surface area contributed by atoms with E-state index in [1.165, 1.54) is 0 Å². The maximum atomic E-state index is 12.3. The lowest BCUT2D eigenvalue weighted by Gasteiger charge is -2.36. The van der Waals surface area contributed by atoms with Crippen LogP contribution < -0.4 is 5.32 Å². The molecule has 1 rings (SSSR count). The van der Waals surface area contributed by atoms with Crippen molar-refractivity contribution in [2.45, 2.75) is 57.7 Å². The van der Waals surface area contributed by atoms with E-state index in [1.54, 1.807) is 25.1 Å². The number of nitrogens with one attached hydrogen (secondary N) is 1. The molecule has 17 heavy (non-hydrogen) atoms. The average molecular weight is 262 g/mol. The van der Waals surface area contributed by atoms with E-state index in [1.807, 2.05) is 0 Å². The van der Waals surface area contributed by atoms with Gasteiger partial charge in [-0.15, -0.1) is 0 Å². The highest BCUT2D eigenvalue weighted by molar-refractivity contribution is 7.90. The Kier molecular flexibility index (Phi) is 4.98. The van der Waals surface area contributed by atoms with Crippen LogP contribution in [0.5, 0.6) is 0 Å². The number of hydrogen-bond donors (Lipinski definition) is 1. The van der Waals surface area contributed by atoms with Crippen LogP contribution in [0.2, 0.25) is 0 Å². The first kappa shape index (κ1) is 14.9. The minimum atomic E-state index is -3.16. The van der Waals surface area contributed by atoms with Gasteiger partial charge in [0.15, 0.2) is 0 Å². The topological polar surface area (TPSA) is 49.4 Å². The van der Waals surface area contributed by atoms with Crippen molar-refractivity contribution < 1.29 is 8.42 Å². The summed E-state index contributed by atoms with van der Waals surface area (Å²) in [5.41, 5.74) is 0. The van der Waals surface area contributed by atoms with Gasteiger partial charge in [0.1, 0.15) is 0 Å². The summed E-state index contributed by atoms with van der Waals surface area (Å²) >= 11 is 0. The summed E-state index contributed by atoms with van der Waals surface area (Å²) in [5, 5.41) is 3.42. The fourth-order valence-corrected chi connectivity index (χ4v) is 3.58. The van der Waals surface area contributed by atoms with Gasteiger partial charge in [0.05, 0.1) is 4.75 Å².